The first-order chi connectivity index (χ1) is 15.5. The van der Waals surface area contributed by atoms with E-state index < -0.39 is 0 Å². The van der Waals surface area contributed by atoms with Crippen molar-refractivity contribution in [3.05, 3.63) is 71.6 Å². The van der Waals surface area contributed by atoms with Crippen molar-refractivity contribution >= 4 is 5.91 Å². The summed E-state index contributed by atoms with van der Waals surface area (Å²) in [6.07, 6.45) is 7.12. The molecule has 1 saturated heterocycles. The van der Waals surface area contributed by atoms with Crippen molar-refractivity contribution in [3.63, 3.8) is 0 Å². The average Bonchev–Trinajstić information content (AvgIpc) is 2.79. The van der Waals surface area contributed by atoms with Crippen LogP contribution in [0.3, 0.4) is 0 Å². The van der Waals surface area contributed by atoms with Crippen LogP contribution in [0.15, 0.2) is 48.9 Å². The van der Waals surface area contributed by atoms with E-state index >= 15 is 0 Å². The maximum absolute atomic E-state index is 12.3. The Morgan fingerprint density at radius 2 is 2.00 bits per heavy atom. The summed E-state index contributed by atoms with van der Waals surface area (Å²) in [5, 5.41) is 0. The van der Waals surface area contributed by atoms with E-state index in [0.717, 1.165) is 49.7 Å². The minimum absolute atomic E-state index is 0.0673. The summed E-state index contributed by atoms with van der Waals surface area (Å²) in [6, 6.07) is 10.1. The third kappa shape index (κ3) is 5.26. The van der Waals surface area contributed by atoms with Gasteiger partial charge in [-0.25, -0.2) is 19.9 Å². The summed E-state index contributed by atoms with van der Waals surface area (Å²) in [4.78, 5) is 33.7. The van der Waals surface area contributed by atoms with E-state index in [1.54, 1.807) is 43.7 Å². The average molecular weight is 433 g/mol. The molecule has 3 aromatic rings. The van der Waals surface area contributed by atoms with Crippen LogP contribution < -0.4 is 4.74 Å². The van der Waals surface area contributed by atoms with E-state index in [2.05, 4.69) is 30.9 Å². The number of rotatable bonds is 6. The van der Waals surface area contributed by atoms with Gasteiger partial charge in [0.1, 0.15) is 11.6 Å². The third-order valence-electron chi connectivity index (χ3n) is 5.56. The molecule has 2 aromatic heterocycles. The fraction of sp³-hybridized carbons (Fsp3) is 0.375. The Bertz CT molecular complexity index is 1070. The smallest absolute Gasteiger partial charge is 0.321 e. The van der Waals surface area contributed by atoms with Gasteiger partial charge >= 0.3 is 6.01 Å². The molecule has 166 valence electrons. The Hall–Kier alpha value is -3.39. The molecule has 1 fully saturated rings. The monoisotopic (exact) mass is 432 g/mol. The van der Waals surface area contributed by atoms with Gasteiger partial charge in [0.2, 0.25) is 0 Å². The Morgan fingerprint density at radius 3 is 2.75 bits per heavy atom. The molecule has 1 aliphatic heterocycles. The van der Waals surface area contributed by atoms with Crippen molar-refractivity contribution in [2.45, 2.75) is 32.2 Å². The van der Waals surface area contributed by atoms with Crippen LogP contribution >= 0.6 is 0 Å². The lowest BCUT2D eigenvalue weighted by atomic mass is 9.96. The molecular formula is C24H28N6O2. The minimum Gasteiger partial charge on any atom is -0.424 e. The Morgan fingerprint density at radius 1 is 1.19 bits per heavy atom. The van der Waals surface area contributed by atoms with Crippen LogP contribution in [0.4, 0.5) is 0 Å². The van der Waals surface area contributed by atoms with Crippen LogP contribution in [-0.4, -0.2) is 62.8 Å². The Balaban J connectivity index is 1.42. The van der Waals surface area contributed by atoms with Crippen molar-refractivity contribution in [2.24, 2.45) is 0 Å². The number of amides is 1. The van der Waals surface area contributed by atoms with Crippen LogP contribution in [0, 0.1) is 6.92 Å². The summed E-state index contributed by atoms with van der Waals surface area (Å²) in [5.41, 5.74) is 2.47. The fourth-order valence-electron chi connectivity index (χ4n) is 3.95. The molecule has 0 aliphatic carbocycles. The van der Waals surface area contributed by atoms with Crippen molar-refractivity contribution in [3.8, 4) is 11.8 Å². The highest BCUT2D eigenvalue weighted by Gasteiger charge is 2.25. The first-order valence-electron chi connectivity index (χ1n) is 10.8. The molecule has 8 nitrogen and oxygen atoms in total. The van der Waals surface area contributed by atoms with Crippen LogP contribution in [0.25, 0.3) is 0 Å². The number of carbonyl (C=O) groups excluding carboxylic acids is 1. The number of aryl methyl sites for hydroxylation is 1. The second-order valence-corrected chi connectivity index (χ2v) is 8.28. The van der Waals surface area contributed by atoms with E-state index in [1.807, 2.05) is 25.1 Å². The number of piperidine rings is 1. The maximum atomic E-state index is 12.3. The van der Waals surface area contributed by atoms with Crippen molar-refractivity contribution in [1.29, 1.82) is 0 Å². The molecule has 8 heteroatoms. The number of likely N-dealkylation sites (tertiary alicyclic amines) is 1. The van der Waals surface area contributed by atoms with E-state index in [9.17, 15) is 4.79 Å². The van der Waals surface area contributed by atoms with E-state index in [4.69, 9.17) is 4.74 Å². The van der Waals surface area contributed by atoms with Gasteiger partial charge in [0, 0.05) is 51.7 Å². The highest BCUT2D eigenvalue weighted by Crippen LogP contribution is 2.27. The van der Waals surface area contributed by atoms with Gasteiger partial charge in [-0.1, -0.05) is 12.1 Å². The standard InChI is InChI=1S/C24H28N6O2/c1-17-21(23(31)29(2)3)14-27-22(28-17)19-8-5-12-30(16-19)15-18-7-4-9-20(13-18)32-24-25-10-6-11-26-24/h4,6-7,9-11,13-14,19H,5,8,12,15-16H2,1-3H3/t19-/m0/s1. The summed E-state index contributed by atoms with van der Waals surface area (Å²) in [6.45, 7) is 4.61. The highest BCUT2D eigenvalue weighted by molar-refractivity contribution is 5.94. The largest absolute Gasteiger partial charge is 0.424 e. The van der Waals surface area contributed by atoms with E-state index in [-0.39, 0.29) is 11.8 Å². The lowest BCUT2D eigenvalue weighted by Crippen LogP contribution is -2.34. The molecule has 0 unspecified atom stereocenters. The zero-order valence-electron chi connectivity index (χ0n) is 18.7. The zero-order valence-corrected chi connectivity index (χ0v) is 18.7. The lowest BCUT2D eigenvalue weighted by molar-refractivity contribution is 0.0825. The van der Waals surface area contributed by atoms with E-state index in [0.29, 0.717) is 11.6 Å². The second kappa shape index (κ2) is 9.82. The molecule has 0 spiro atoms. The quantitative estimate of drug-likeness (QED) is 0.590. The van der Waals surface area contributed by atoms with Crippen molar-refractivity contribution < 1.29 is 9.53 Å². The SMILES string of the molecule is Cc1nc([C@H]2CCCN(Cc3cccc(Oc4ncccn4)c3)C2)ncc1C(=O)N(C)C. The fourth-order valence-corrected chi connectivity index (χ4v) is 3.95. The molecule has 1 amide bonds. The number of carbonyl (C=O) groups is 1. The normalized spacial score (nSPS) is 16.5. The predicted molar refractivity (Wildman–Crippen MR) is 121 cm³/mol. The number of benzene rings is 1. The molecule has 3 heterocycles. The first-order valence-corrected chi connectivity index (χ1v) is 10.8. The van der Waals surface area contributed by atoms with Gasteiger partial charge in [0.25, 0.3) is 5.91 Å². The molecule has 1 atom stereocenters. The number of hydrogen-bond acceptors (Lipinski definition) is 7. The first kappa shape index (κ1) is 21.8. The van der Waals surface area contributed by atoms with Gasteiger partial charge in [-0.2, -0.15) is 0 Å². The summed E-state index contributed by atoms with van der Waals surface area (Å²) in [7, 11) is 3.48. The summed E-state index contributed by atoms with van der Waals surface area (Å²) in [5.74, 6) is 1.73. The highest BCUT2D eigenvalue weighted by atomic mass is 16.5. The second-order valence-electron chi connectivity index (χ2n) is 8.28. The van der Waals surface area contributed by atoms with Gasteiger partial charge in [-0.15, -0.1) is 0 Å². The van der Waals surface area contributed by atoms with Gasteiger partial charge in [-0.3, -0.25) is 9.69 Å². The third-order valence-corrected chi connectivity index (χ3v) is 5.56. The number of hydrogen-bond donors (Lipinski definition) is 0. The zero-order chi connectivity index (χ0) is 22.5. The van der Waals surface area contributed by atoms with Crippen LogP contribution in [0.1, 0.15) is 46.2 Å². The molecule has 0 saturated carbocycles. The van der Waals surface area contributed by atoms with Gasteiger partial charge in [0.05, 0.1) is 11.3 Å². The minimum atomic E-state index is -0.0673. The van der Waals surface area contributed by atoms with Crippen LogP contribution in [-0.2, 0) is 6.54 Å². The van der Waals surface area contributed by atoms with Crippen LogP contribution in [0.2, 0.25) is 0 Å². The molecule has 0 N–H and O–H groups in total. The van der Waals surface area contributed by atoms with Gasteiger partial charge in [-0.05, 0) is 50.1 Å². The Kier molecular flexibility index (Phi) is 6.70. The molecular weight excluding hydrogens is 404 g/mol. The van der Waals surface area contributed by atoms with Gasteiger partial charge < -0.3 is 9.64 Å². The number of ether oxygens (including phenoxy) is 1. The number of nitrogens with zero attached hydrogens (tertiary/aromatic N) is 6. The summed E-state index contributed by atoms with van der Waals surface area (Å²) >= 11 is 0. The topological polar surface area (TPSA) is 84.3 Å². The molecule has 4 rings (SSSR count). The summed E-state index contributed by atoms with van der Waals surface area (Å²) < 4.78 is 5.77. The molecule has 0 bridgehead atoms. The lowest BCUT2D eigenvalue weighted by Gasteiger charge is -2.32. The van der Waals surface area contributed by atoms with Crippen molar-refractivity contribution in [2.75, 3.05) is 27.2 Å². The van der Waals surface area contributed by atoms with E-state index in [1.165, 1.54) is 5.56 Å². The van der Waals surface area contributed by atoms with Crippen LogP contribution in [0.5, 0.6) is 11.8 Å². The van der Waals surface area contributed by atoms with Gasteiger partial charge in [0.15, 0.2) is 0 Å². The maximum Gasteiger partial charge on any atom is 0.321 e. The Labute approximate surface area is 188 Å². The molecule has 0 radical (unpaired) electrons. The molecule has 1 aliphatic rings. The molecule has 32 heavy (non-hydrogen) atoms. The predicted octanol–water partition coefficient (Wildman–Crippen LogP) is 3.45. The molecule has 1 aromatic carbocycles. The number of aromatic nitrogens is 4. The van der Waals surface area contributed by atoms with Crippen molar-refractivity contribution in [1.82, 2.24) is 29.7 Å².